The van der Waals surface area contributed by atoms with Crippen LogP contribution in [-0.2, 0) is 4.79 Å². The fourth-order valence-electron chi connectivity index (χ4n) is 2.97. The highest BCUT2D eigenvalue weighted by atomic mass is 32.2. The van der Waals surface area contributed by atoms with E-state index in [1.807, 2.05) is 0 Å². The Bertz CT molecular complexity index is 387. The summed E-state index contributed by atoms with van der Waals surface area (Å²) in [6.45, 7) is 8.32. The molecule has 0 aliphatic rings. The lowest BCUT2D eigenvalue weighted by atomic mass is 9.94. The SMILES string of the molecule is CCCCCCCCCCCCSC(=S)SC(C)(CC)CC(C)C(=O)O. The molecule has 5 heteroatoms. The minimum Gasteiger partial charge on any atom is -0.481 e. The smallest absolute Gasteiger partial charge is 0.306 e. The van der Waals surface area contributed by atoms with E-state index in [0.29, 0.717) is 6.42 Å². The number of thiocarbonyl (C=S) groups is 1. The number of unbranched alkanes of at least 4 members (excludes halogenated alkanes) is 9. The molecule has 0 fully saturated rings. The van der Waals surface area contributed by atoms with E-state index < -0.39 is 5.97 Å². The molecule has 0 aromatic heterocycles. The average molecular weight is 421 g/mol. The summed E-state index contributed by atoms with van der Waals surface area (Å²) in [7, 11) is 0. The molecule has 0 rings (SSSR count). The van der Waals surface area contributed by atoms with E-state index in [1.54, 1.807) is 30.4 Å². The van der Waals surface area contributed by atoms with E-state index in [9.17, 15) is 4.79 Å². The van der Waals surface area contributed by atoms with Crippen LogP contribution in [0.5, 0.6) is 0 Å². The Morgan fingerprint density at radius 2 is 1.50 bits per heavy atom. The van der Waals surface area contributed by atoms with Gasteiger partial charge in [-0.25, -0.2) is 0 Å². The summed E-state index contributed by atoms with van der Waals surface area (Å²) in [5, 5.41) is 9.14. The van der Waals surface area contributed by atoms with Crippen LogP contribution in [0.1, 0.15) is 105 Å². The number of hydrogen-bond donors (Lipinski definition) is 1. The number of carbonyl (C=O) groups is 1. The predicted molar refractivity (Wildman–Crippen MR) is 125 cm³/mol. The van der Waals surface area contributed by atoms with E-state index in [-0.39, 0.29) is 10.7 Å². The number of aliphatic carboxylic acids is 1. The van der Waals surface area contributed by atoms with Crippen LogP contribution in [-0.4, -0.2) is 25.1 Å². The fourth-order valence-corrected chi connectivity index (χ4v) is 6.31. The third-order valence-corrected chi connectivity index (χ3v) is 8.01. The molecule has 0 amide bonds. The third-order valence-electron chi connectivity index (χ3n) is 4.95. The van der Waals surface area contributed by atoms with E-state index in [0.717, 1.165) is 15.7 Å². The van der Waals surface area contributed by atoms with Crippen molar-refractivity contribution in [3.63, 3.8) is 0 Å². The van der Waals surface area contributed by atoms with Crippen molar-refractivity contribution in [1.29, 1.82) is 0 Å². The quantitative estimate of drug-likeness (QED) is 0.202. The lowest BCUT2D eigenvalue weighted by molar-refractivity contribution is -0.141. The van der Waals surface area contributed by atoms with Gasteiger partial charge in [-0.15, -0.1) is 23.5 Å². The molecule has 0 aliphatic heterocycles. The Balaban J connectivity index is 3.73. The average Bonchev–Trinajstić information content (AvgIpc) is 2.59. The standard InChI is InChI=1S/C21H40O2S3/c1-5-7-8-9-10-11-12-13-14-15-16-25-20(24)26-21(4,6-2)17-18(3)19(22)23/h18H,5-17H2,1-4H3,(H,22,23). The van der Waals surface area contributed by atoms with Crippen LogP contribution in [0.4, 0.5) is 0 Å². The third kappa shape index (κ3) is 14.3. The Labute approximate surface area is 176 Å². The summed E-state index contributed by atoms with van der Waals surface area (Å²) in [5.74, 6) is 0.0628. The second-order valence-corrected chi connectivity index (χ2v) is 11.5. The molecule has 0 aromatic rings. The fraction of sp³-hybridized carbons (Fsp3) is 0.905. The first kappa shape index (κ1) is 26.3. The Morgan fingerprint density at radius 3 is 1.96 bits per heavy atom. The van der Waals surface area contributed by atoms with Gasteiger partial charge in [0.05, 0.1) is 5.92 Å². The van der Waals surface area contributed by atoms with Gasteiger partial charge in [-0.3, -0.25) is 4.79 Å². The number of carboxylic acids is 1. The number of thioether (sulfide) groups is 2. The van der Waals surface area contributed by atoms with Crippen molar-refractivity contribution in [2.24, 2.45) is 5.92 Å². The van der Waals surface area contributed by atoms with Crippen LogP contribution >= 0.6 is 35.7 Å². The molecule has 2 atom stereocenters. The maximum absolute atomic E-state index is 11.1. The van der Waals surface area contributed by atoms with Crippen LogP contribution in [0.15, 0.2) is 0 Å². The molecular formula is C21H40O2S3. The van der Waals surface area contributed by atoms with Gasteiger partial charge in [0, 0.05) is 4.75 Å². The Kier molecular flexibility index (Phi) is 16.4. The molecule has 0 bridgehead atoms. The normalized spacial score (nSPS) is 14.8. The zero-order valence-electron chi connectivity index (χ0n) is 17.3. The molecule has 0 saturated carbocycles. The maximum atomic E-state index is 11.1. The summed E-state index contributed by atoms with van der Waals surface area (Å²) < 4.78 is 0.905. The van der Waals surface area contributed by atoms with E-state index >= 15 is 0 Å². The first-order valence-corrected chi connectivity index (χ1v) is 12.6. The molecule has 2 nitrogen and oxygen atoms in total. The van der Waals surface area contributed by atoms with Gasteiger partial charge in [0.1, 0.15) is 3.53 Å². The second-order valence-electron chi connectivity index (χ2n) is 7.63. The number of rotatable bonds is 16. The lowest BCUT2D eigenvalue weighted by Crippen LogP contribution is -2.26. The van der Waals surface area contributed by atoms with Crippen molar-refractivity contribution in [2.75, 3.05) is 5.75 Å². The van der Waals surface area contributed by atoms with Gasteiger partial charge in [-0.05, 0) is 25.0 Å². The van der Waals surface area contributed by atoms with Crippen molar-refractivity contribution < 1.29 is 9.90 Å². The first-order valence-electron chi connectivity index (χ1n) is 10.4. The summed E-state index contributed by atoms with van der Waals surface area (Å²) >= 11 is 9.02. The van der Waals surface area contributed by atoms with Crippen LogP contribution in [0.25, 0.3) is 0 Å². The van der Waals surface area contributed by atoms with Gasteiger partial charge in [0.15, 0.2) is 0 Å². The molecule has 2 unspecified atom stereocenters. The molecule has 0 aromatic carbocycles. The van der Waals surface area contributed by atoms with Gasteiger partial charge in [-0.1, -0.05) is 97.7 Å². The van der Waals surface area contributed by atoms with Gasteiger partial charge >= 0.3 is 5.97 Å². The number of hydrogen-bond acceptors (Lipinski definition) is 4. The summed E-state index contributed by atoms with van der Waals surface area (Å²) in [5.41, 5.74) is 0. The zero-order valence-corrected chi connectivity index (χ0v) is 19.8. The van der Waals surface area contributed by atoms with Crippen LogP contribution in [0.2, 0.25) is 0 Å². The van der Waals surface area contributed by atoms with Crippen molar-refractivity contribution in [1.82, 2.24) is 0 Å². The van der Waals surface area contributed by atoms with Crippen molar-refractivity contribution in [3.8, 4) is 0 Å². The van der Waals surface area contributed by atoms with E-state index in [4.69, 9.17) is 17.3 Å². The topological polar surface area (TPSA) is 37.3 Å². The van der Waals surface area contributed by atoms with Gasteiger partial charge in [-0.2, -0.15) is 0 Å². The van der Waals surface area contributed by atoms with Gasteiger partial charge in [0.2, 0.25) is 0 Å². The van der Waals surface area contributed by atoms with E-state index in [2.05, 4.69) is 20.8 Å². The van der Waals surface area contributed by atoms with Crippen molar-refractivity contribution >= 4 is 45.2 Å². The highest BCUT2D eigenvalue weighted by Gasteiger charge is 2.29. The number of carboxylic acid groups (broad SMARTS) is 1. The lowest BCUT2D eigenvalue weighted by Gasteiger charge is -2.29. The van der Waals surface area contributed by atoms with Gasteiger partial charge < -0.3 is 5.11 Å². The summed E-state index contributed by atoms with van der Waals surface area (Å²) in [6.07, 6.45) is 15.2. The van der Waals surface area contributed by atoms with Crippen LogP contribution in [0.3, 0.4) is 0 Å². The largest absolute Gasteiger partial charge is 0.481 e. The van der Waals surface area contributed by atoms with Crippen LogP contribution in [0, 0.1) is 5.92 Å². The Morgan fingerprint density at radius 1 is 1.00 bits per heavy atom. The maximum Gasteiger partial charge on any atom is 0.306 e. The van der Waals surface area contributed by atoms with Crippen molar-refractivity contribution in [3.05, 3.63) is 0 Å². The molecular weight excluding hydrogens is 380 g/mol. The Hall–Kier alpha value is 0.260. The molecule has 0 aliphatic carbocycles. The summed E-state index contributed by atoms with van der Waals surface area (Å²) in [4.78, 5) is 11.1. The minimum atomic E-state index is -0.714. The zero-order chi connectivity index (χ0) is 19.8. The molecule has 1 N–H and O–H groups in total. The highest BCUT2D eigenvalue weighted by molar-refractivity contribution is 8.47. The van der Waals surface area contributed by atoms with Crippen LogP contribution < -0.4 is 0 Å². The monoisotopic (exact) mass is 420 g/mol. The molecule has 26 heavy (non-hydrogen) atoms. The highest BCUT2D eigenvalue weighted by Crippen LogP contribution is 2.39. The van der Waals surface area contributed by atoms with Gasteiger partial charge in [0.25, 0.3) is 0 Å². The molecule has 0 spiro atoms. The van der Waals surface area contributed by atoms with E-state index in [1.165, 1.54) is 64.2 Å². The first-order chi connectivity index (χ1) is 12.3. The second kappa shape index (κ2) is 16.2. The molecule has 0 radical (unpaired) electrons. The molecule has 154 valence electrons. The molecule has 0 heterocycles. The summed E-state index contributed by atoms with van der Waals surface area (Å²) in [6, 6.07) is 0. The predicted octanol–water partition coefficient (Wildman–Crippen LogP) is 7.94. The molecule has 0 saturated heterocycles. The van der Waals surface area contributed by atoms with Crippen molar-refractivity contribution in [2.45, 2.75) is 109 Å². The minimum absolute atomic E-state index is 0.0698.